The molecule has 0 fully saturated rings. The fraction of sp³-hybridized carbons (Fsp3) is 0.806. The first-order chi connectivity index (χ1) is 16.1. The van der Waals surface area contributed by atoms with Gasteiger partial charge in [0.05, 0.1) is 0 Å². The van der Waals surface area contributed by atoms with Crippen LogP contribution in [0, 0.1) is 24.7 Å². The van der Waals surface area contributed by atoms with Crippen molar-refractivity contribution in [3.05, 3.63) is 17.2 Å². The summed E-state index contributed by atoms with van der Waals surface area (Å²) in [5.41, 5.74) is 2.35. The minimum atomic E-state index is -0.0624. The van der Waals surface area contributed by atoms with Gasteiger partial charge in [0.15, 0.2) is 0 Å². The van der Waals surface area contributed by atoms with Gasteiger partial charge in [-0.2, -0.15) is 0 Å². The monoisotopic (exact) mass is 538 g/mol. The number of rotatable bonds is 16. The number of phenols is 1. The van der Waals surface area contributed by atoms with Gasteiger partial charge in [0.2, 0.25) is 0 Å². The van der Waals surface area contributed by atoms with E-state index in [4.69, 9.17) is 4.74 Å². The van der Waals surface area contributed by atoms with Gasteiger partial charge >= 0.3 is 167 Å². The number of benzene rings is 1. The molecular weight excluding hydrogens is 483 g/mol. The van der Waals surface area contributed by atoms with Gasteiger partial charge in [-0.05, 0) is 11.8 Å². The number of fused-ring (bicyclic) bond motifs is 1. The average molecular weight is 538 g/mol. The molecule has 1 heterocycles. The number of unbranched alkanes of at least 4 members (excludes halogenated alkanes) is 1. The van der Waals surface area contributed by atoms with Crippen molar-refractivity contribution in [2.75, 3.05) is 0 Å². The molecule has 34 heavy (non-hydrogen) atoms. The first-order valence-corrected chi connectivity index (χ1v) is 16.4. The number of hydrogen-bond donors (Lipinski definition) is 1. The van der Waals surface area contributed by atoms with Gasteiger partial charge in [0.25, 0.3) is 0 Å². The summed E-state index contributed by atoms with van der Waals surface area (Å²) in [5, 5.41) is 11.8. The van der Waals surface area contributed by atoms with Crippen LogP contribution in [0.3, 0.4) is 0 Å². The zero-order valence-electron chi connectivity index (χ0n) is 23.5. The molecule has 1 aromatic carbocycles. The number of phenolic OH excluding ortho intramolecular Hbond substituents is 1. The van der Waals surface area contributed by atoms with E-state index in [1.165, 1.54) is 80.7 Å². The molecule has 3 atom stereocenters. The Morgan fingerprint density at radius 3 is 2.21 bits per heavy atom. The van der Waals surface area contributed by atoms with E-state index in [0.29, 0.717) is 20.7 Å². The third kappa shape index (κ3) is 9.77. The normalized spacial score (nSPS) is 19.6. The van der Waals surface area contributed by atoms with E-state index in [-0.39, 0.29) is 5.60 Å². The van der Waals surface area contributed by atoms with Gasteiger partial charge in [0.1, 0.15) is 0 Å². The van der Waals surface area contributed by atoms with Gasteiger partial charge in [-0.25, -0.2) is 0 Å². The Morgan fingerprint density at radius 1 is 0.971 bits per heavy atom. The molecule has 3 heteroatoms. The summed E-state index contributed by atoms with van der Waals surface area (Å²) in [5.74, 6) is 4.13. The molecule has 0 spiro atoms. The van der Waals surface area contributed by atoms with Crippen molar-refractivity contribution < 1.29 is 9.84 Å². The fourth-order valence-corrected chi connectivity index (χ4v) is 7.76. The standard InChI is InChI=1S/C31H54O2Se/c1-8-9-21-34-30-26(6)29-27(22-28(30)32)18-20-31(7,33-29)19-12-17-25(5)16-11-15-24(4)14-10-13-23(2)3/h22-25,32H,8-21H2,1-7H3/t24-,25-,31-/m1/s1. The molecule has 1 aromatic rings. The maximum absolute atomic E-state index is 10.6. The van der Waals surface area contributed by atoms with Crippen molar-refractivity contribution in [2.45, 2.75) is 143 Å². The van der Waals surface area contributed by atoms with E-state index in [1.807, 2.05) is 6.07 Å². The van der Waals surface area contributed by atoms with Crippen molar-refractivity contribution in [3.63, 3.8) is 0 Å². The van der Waals surface area contributed by atoms with Crippen molar-refractivity contribution in [2.24, 2.45) is 17.8 Å². The molecule has 0 bridgehead atoms. The van der Waals surface area contributed by atoms with Crippen molar-refractivity contribution in [1.82, 2.24) is 0 Å². The van der Waals surface area contributed by atoms with Crippen LogP contribution in [-0.2, 0) is 6.42 Å². The topological polar surface area (TPSA) is 29.5 Å². The van der Waals surface area contributed by atoms with Gasteiger partial charge < -0.3 is 0 Å². The third-order valence-electron chi connectivity index (χ3n) is 7.81. The van der Waals surface area contributed by atoms with Crippen molar-refractivity contribution in [1.29, 1.82) is 0 Å². The molecule has 196 valence electrons. The maximum atomic E-state index is 10.6. The minimum absolute atomic E-state index is 0.0624. The van der Waals surface area contributed by atoms with E-state index in [2.05, 4.69) is 48.5 Å². The predicted molar refractivity (Wildman–Crippen MR) is 150 cm³/mol. The summed E-state index contributed by atoms with van der Waals surface area (Å²) < 4.78 is 7.86. The van der Waals surface area contributed by atoms with Gasteiger partial charge in [0, 0.05) is 0 Å². The molecule has 0 aromatic heterocycles. The predicted octanol–water partition coefficient (Wildman–Crippen LogP) is 8.77. The molecule has 0 amide bonds. The fourth-order valence-electron chi connectivity index (χ4n) is 5.34. The van der Waals surface area contributed by atoms with Gasteiger partial charge in [-0.15, -0.1) is 0 Å². The zero-order chi connectivity index (χ0) is 25.1. The molecule has 2 nitrogen and oxygen atoms in total. The zero-order valence-corrected chi connectivity index (χ0v) is 25.2. The van der Waals surface area contributed by atoms with Crippen molar-refractivity contribution in [3.8, 4) is 11.5 Å². The second-order valence-corrected chi connectivity index (χ2v) is 14.3. The van der Waals surface area contributed by atoms with E-state index >= 15 is 0 Å². The van der Waals surface area contributed by atoms with Crippen LogP contribution in [0.15, 0.2) is 6.07 Å². The van der Waals surface area contributed by atoms with Crippen LogP contribution in [0.5, 0.6) is 11.5 Å². The summed E-state index contributed by atoms with van der Waals surface area (Å²) in [6.07, 6.45) is 16.6. The molecule has 0 saturated heterocycles. The molecule has 1 aliphatic heterocycles. The second kappa shape index (κ2) is 14.8. The molecule has 2 rings (SSSR count). The molecule has 1 N–H and O–H groups in total. The first kappa shape index (κ1) is 29.6. The summed E-state index contributed by atoms with van der Waals surface area (Å²) >= 11 is 0.331. The van der Waals surface area contributed by atoms with Crippen LogP contribution in [0.1, 0.15) is 130 Å². The van der Waals surface area contributed by atoms with Crippen LogP contribution in [0.25, 0.3) is 0 Å². The molecule has 1 aliphatic rings. The Kier molecular flexibility index (Phi) is 12.9. The third-order valence-corrected chi connectivity index (χ3v) is 10.5. The number of aromatic hydroxyl groups is 1. The Labute approximate surface area is 218 Å². The second-order valence-electron chi connectivity index (χ2n) is 12.0. The molecule has 0 unspecified atom stereocenters. The van der Waals surface area contributed by atoms with Crippen LogP contribution < -0.4 is 9.20 Å². The van der Waals surface area contributed by atoms with Crippen LogP contribution in [0.2, 0.25) is 5.32 Å². The average Bonchev–Trinajstić information content (AvgIpc) is 2.76. The van der Waals surface area contributed by atoms with Crippen molar-refractivity contribution >= 4 is 19.4 Å². The summed E-state index contributed by atoms with van der Waals surface area (Å²) in [7, 11) is 0. The quantitative estimate of drug-likeness (QED) is 0.169. The van der Waals surface area contributed by atoms with E-state index in [1.54, 1.807) is 0 Å². The Balaban J connectivity index is 1.77. The Morgan fingerprint density at radius 2 is 1.59 bits per heavy atom. The first-order valence-electron chi connectivity index (χ1n) is 14.3. The van der Waals surface area contributed by atoms with Gasteiger partial charge in [-0.3, -0.25) is 0 Å². The van der Waals surface area contributed by atoms with E-state index in [9.17, 15) is 5.11 Å². The number of ether oxygens (including phenoxy) is 1. The van der Waals surface area contributed by atoms with E-state index < -0.39 is 0 Å². The Bertz CT molecular complexity index is 729. The summed E-state index contributed by atoms with van der Waals surface area (Å²) in [6, 6.07) is 2.00. The van der Waals surface area contributed by atoms with Crippen LogP contribution in [-0.4, -0.2) is 25.7 Å². The van der Waals surface area contributed by atoms with Crippen LogP contribution in [0.4, 0.5) is 0 Å². The molecular formula is C31H54O2Se. The van der Waals surface area contributed by atoms with Crippen LogP contribution >= 0.6 is 0 Å². The number of hydrogen-bond acceptors (Lipinski definition) is 2. The Hall–Kier alpha value is -0.661. The summed E-state index contributed by atoms with van der Waals surface area (Å²) in [6.45, 7) is 16.3. The molecule has 0 aliphatic carbocycles. The molecule has 0 radical (unpaired) electrons. The summed E-state index contributed by atoms with van der Waals surface area (Å²) in [4.78, 5) is 0. The van der Waals surface area contributed by atoms with Gasteiger partial charge in [-0.1, -0.05) is 40.0 Å². The SMILES string of the molecule is CCCC[Se]c1c(O)cc2c(c1C)O[C@](C)(CCC[C@H](C)CCC[C@H](C)CCCC(C)C)CC2. The van der Waals surface area contributed by atoms with E-state index in [0.717, 1.165) is 47.2 Å². The molecule has 0 saturated carbocycles. The number of aryl methyl sites for hydroxylation is 1.